The monoisotopic (exact) mass is 407 g/mol. The van der Waals surface area contributed by atoms with Crippen LogP contribution in [-0.4, -0.2) is 15.9 Å². The molecule has 0 aliphatic rings. The largest absolute Gasteiger partial charge is 0.489 e. The quantitative estimate of drug-likeness (QED) is 0.359. The van der Waals surface area contributed by atoms with E-state index in [2.05, 4.69) is 10.6 Å². The number of hydrogen-bond acceptors (Lipinski definition) is 5. The molecule has 0 spiro atoms. The molecule has 7 nitrogen and oxygen atoms in total. The fourth-order valence-electron chi connectivity index (χ4n) is 2.51. The zero-order chi connectivity index (χ0) is 20.6. The van der Waals surface area contributed by atoms with Crippen LogP contribution in [0.15, 0.2) is 78.9 Å². The number of nitro groups is 1. The van der Waals surface area contributed by atoms with Crippen LogP contribution in [0.4, 0.5) is 11.4 Å². The second-order valence-corrected chi connectivity index (χ2v) is 6.39. The molecular formula is C21H17N3O4S. The van der Waals surface area contributed by atoms with Crippen molar-refractivity contribution in [2.75, 3.05) is 5.32 Å². The van der Waals surface area contributed by atoms with E-state index in [9.17, 15) is 14.9 Å². The molecule has 0 aliphatic heterocycles. The van der Waals surface area contributed by atoms with Crippen molar-refractivity contribution in [1.82, 2.24) is 5.32 Å². The zero-order valence-corrected chi connectivity index (χ0v) is 16.0. The van der Waals surface area contributed by atoms with Crippen molar-refractivity contribution < 1.29 is 14.5 Å². The van der Waals surface area contributed by atoms with Crippen LogP contribution in [0.1, 0.15) is 15.9 Å². The molecule has 1 amide bonds. The van der Waals surface area contributed by atoms with Crippen LogP contribution >= 0.6 is 12.2 Å². The Hall–Kier alpha value is -3.78. The molecule has 0 fully saturated rings. The predicted molar refractivity (Wildman–Crippen MR) is 114 cm³/mol. The number of carbonyl (C=O) groups is 1. The average molecular weight is 407 g/mol. The standard InChI is InChI=1S/C21H17N3O4S/c25-20(23-21(29)22-18-8-4-5-9-19(18)24(26)27)16-10-12-17(13-11-16)28-14-15-6-2-1-3-7-15/h1-13H,14H2,(H2,22,23,25,29). The molecule has 146 valence electrons. The van der Waals surface area contributed by atoms with Crippen LogP contribution in [-0.2, 0) is 6.61 Å². The molecule has 0 radical (unpaired) electrons. The summed E-state index contributed by atoms with van der Waals surface area (Å²) in [5, 5.41) is 16.2. The topological polar surface area (TPSA) is 93.5 Å². The van der Waals surface area contributed by atoms with Crippen LogP contribution < -0.4 is 15.4 Å². The minimum Gasteiger partial charge on any atom is -0.489 e. The molecule has 0 unspecified atom stereocenters. The van der Waals surface area contributed by atoms with Crippen LogP contribution in [0.3, 0.4) is 0 Å². The summed E-state index contributed by atoms with van der Waals surface area (Å²) >= 11 is 5.09. The SMILES string of the molecule is O=C(NC(=S)Nc1ccccc1[N+](=O)[O-])c1ccc(OCc2ccccc2)cc1. The Kier molecular flexibility index (Phi) is 6.49. The minimum atomic E-state index is -0.527. The van der Waals surface area contributed by atoms with Crippen molar-refractivity contribution in [2.24, 2.45) is 0 Å². The highest BCUT2D eigenvalue weighted by Crippen LogP contribution is 2.23. The van der Waals surface area contributed by atoms with Gasteiger partial charge in [-0.25, -0.2) is 0 Å². The highest BCUT2D eigenvalue weighted by Gasteiger charge is 2.15. The number of nitrogens with zero attached hydrogens (tertiary/aromatic N) is 1. The van der Waals surface area contributed by atoms with Crippen LogP contribution in [0, 0.1) is 10.1 Å². The number of thiocarbonyl (C=S) groups is 1. The van der Waals surface area contributed by atoms with Crippen molar-refractivity contribution in [2.45, 2.75) is 6.61 Å². The summed E-state index contributed by atoms with van der Waals surface area (Å²) in [4.78, 5) is 22.9. The number of nitrogens with one attached hydrogen (secondary N) is 2. The number of nitro benzene ring substituents is 1. The molecule has 3 aromatic carbocycles. The van der Waals surface area contributed by atoms with Gasteiger partial charge >= 0.3 is 0 Å². The molecule has 0 saturated carbocycles. The highest BCUT2D eigenvalue weighted by molar-refractivity contribution is 7.80. The predicted octanol–water partition coefficient (Wildman–Crippen LogP) is 4.30. The third-order valence-corrected chi connectivity index (χ3v) is 4.14. The summed E-state index contributed by atoms with van der Waals surface area (Å²) in [6.07, 6.45) is 0. The van der Waals surface area contributed by atoms with E-state index in [0.29, 0.717) is 17.9 Å². The number of hydrogen-bond donors (Lipinski definition) is 2. The Balaban J connectivity index is 1.56. The van der Waals surface area contributed by atoms with Gasteiger partial charge in [0.2, 0.25) is 0 Å². The Morgan fingerprint density at radius 3 is 2.31 bits per heavy atom. The van der Waals surface area contributed by atoms with Gasteiger partial charge in [0, 0.05) is 11.6 Å². The maximum Gasteiger partial charge on any atom is 0.292 e. The highest BCUT2D eigenvalue weighted by atomic mass is 32.1. The van der Waals surface area contributed by atoms with Gasteiger partial charge in [-0.1, -0.05) is 42.5 Å². The van der Waals surface area contributed by atoms with Crippen LogP contribution in [0.5, 0.6) is 5.75 Å². The second kappa shape index (κ2) is 9.43. The Morgan fingerprint density at radius 1 is 0.966 bits per heavy atom. The van der Waals surface area contributed by atoms with Crippen molar-refractivity contribution in [3.05, 3.63) is 100 Å². The number of amides is 1. The second-order valence-electron chi connectivity index (χ2n) is 5.98. The molecule has 8 heteroatoms. The Labute approximate surface area is 172 Å². The van der Waals surface area contributed by atoms with E-state index in [1.165, 1.54) is 12.1 Å². The van der Waals surface area contributed by atoms with Crippen LogP contribution in [0.25, 0.3) is 0 Å². The fraction of sp³-hybridized carbons (Fsp3) is 0.0476. The van der Waals surface area contributed by atoms with Gasteiger partial charge in [-0.2, -0.15) is 0 Å². The van der Waals surface area contributed by atoms with Gasteiger partial charge < -0.3 is 10.1 Å². The number of benzene rings is 3. The first-order valence-electron chi connectivity index (χ1n) is 8.65. The number of ether oxygens (including phenoxy) is 1. The first-order chi connectivity index (χ1) is 14.0. The molecule has 2 N–H and O–H groups in total. The zero-order valence-electron chi connectivity index (χ0n) is 15.2. The van der Waals surface area contributed by atoms with E-state index in [-0.39, 0.29) is 16.5 Å². The van der Waals surface area contributed by atoms with Gasteiger partial charge in [0.15, 0.2) is 5.11 Å². The summed E-state index contributed by atoms with van der Waals surface area (Å²) in [7, 11) is 0. The maximum absolute atomic E-state index is 12.3. The molecule has 0 heterocycles. The molecule has 3 rings (SSSR count). The Bertz CT molecular complexity index is 1020. The van der Waals surface area contributed by atoms with Crippen molar-refractivity contribution in [1.29, 1.82) is 0 Å². The lowest BCUT2D eigenvalue weighted by molar-refractivity contribution is -0.383. The van der Waals surface area contributed by atoms with E-state index < -0.39 is 10.8 Å². The van der Waals surface area contributed by atoms with E-state index in [0.717, 1.165) is 5.56 Å². The normalized spacial score (nSPS) is 10.1. The number of anilines is 1. The molecular weight excluding hydrogens is 390 g/mol. The third kappa shape index (κ3) is 5.60. The maximum atomic E-state index is 12.3. The lowest BCUT2D eigenvalue weighted by atomic mass is 10.2. The van der Waals surface area contributed by atoms with Gasteiger partial charge in [0.25, 0.3) is 11.6 Å². The van der Waals surface area contributed by atoms with E-state index in [1.54, 1.807) is 36.4 Å². The summed E-state index contributed by atoms with van der Waals surface area (Å²) in [5.41, 5.74) is 1.49. The first-order valence-corrected chi connectivity index (χ1v) is 9.06. The summed E-state index contributed by atoms with van der Waals surface area (Å²) in [5.74, 6) is 0.196. The van der Waals surface area contributed by atoms with Crippen LogP contribution in [0.2, 0.25) is 0 Å². The molecule has 0 bridgehead atoms. The minimum absolute atomic E-state index is 0.0336. The number of para-hydroxylation sites is 2. The Morgan fingerprint density at radius 2 is 1.62 bits per heavy atom. The first kappa shape index (κ1) is 20.0. The van der Waals surface area contributed by atoms with Gasteiger partial charge in [0.1, 0.15) is 18.0 Å². The van der Waals surface area contributed by atoms with Gasteiger partial charge in [-0.05, 0) is 48.1 Å². The summed E-state index contributed by atoms with van der Waals surface area (Å²) in [6, 6.07) is 22.4. The van der Waals surface area contributed by atoms with Crippen molar-refractivity contribution in [3.8, 4) is 5.75 Å². The number of rotatable bonds is 6. The lowest BCUT2D eigenvalue weighted by Crippen LogP contribution is -2.34. The summed E-state index contributed by atoms with van der Waals surface area (Å²) < 4.78 is 5.69. The fourth-order valence-corrected chi connectivity index (χ4v) is 2.71. The summed E-state index contributed by atoms with van der Waals surface area (Å²) in [6.45, 7) is 0.427. The lowest BCUT2D eigenvalue weighted by Gasteiger charge is -2.10. The van der Waals surface area contributed by atoms with Crippen molar-refractivity contribution in [3.63, 3.8) is 0 Å². The average Bonchev–Trinajstić information content (AvgIpc) is 2.73. The molecule has 3 aromatic rings. The van der Waals surface area contributed by atoms with Gasteiger partial charge in [-0.15, -0.1) is 0 Å². The third-order valence-electron chi connectivity index (χ3n) is 3.94. The van der Waals surface area contributed by atoms with E-state index in [1.807, 2.05) is 30.3 Å². The van der Waals surface area contributed by atoms with E-state index >= 15 is 0 Å². The molecule has 0 aliphatic carbocycles. The molecule has 29 heavy (non-hydrogen) atoms. The van der Waals surface area contributed by atoms with Gasteiger partial charge in [-0.3, -0.25) is 20.2 Å². The number of carbonyl (C=O) groups excluding carboxylic acids is 1. The molecule has 0 atom stereocenters. The smallest absolute Gasteiger partial charge is 0.292 e. The van der Waals surface area contributed by atoms with Gasteiger partial charge in [0.05, 0.1) is 4.92 Å². The van der Waals surface area contributed by atoms with Crippen molar-refractivity contribution >= 4 is 34.6 Å². The van der Waals surface area contributed by atoms with E-state index in [4.69, 9.17) is 17.0 Å². The molecule has 0 aromatic heterocycles. The molecule has 0 saturated heterocycles.